The molecular weight excluding hydrogens is 110 g/mol. The second kappa shape index (κ2) is 2.90. The molecule has 0 aromatic rings. The van der Waals surface area contributed by atoms with Crippen LogP contribution in [-0.2, 0) is 9.59 Å². The van der Waals surface area contributed by atoms with E-state index in [1.807, 2.05) is 0 Å². The van der Waals surface area contributed by atoms with Gasteiger partial charge in [-0.15, -0.1) is 0 Å². The third kappa shape index (κ3) is 3.02. The number of carboxylic acid groups (broad SMARTS) is 1. The number of ketones is 1. The lowest BCUT2D eigenvalue weighted by atomic mass is 10.3. The molecule has 0 aliphatic heterocycles. The Balaban J connectivity index is 3.55. The van der Waals surface area contributed by atoms with E-state index < -0.39 is 18.2 Å². The molecule has 0 rings (SSSR count). The average molecular weight is 115 g/mol. The largest absolute Gasteiger partial charge is 0.481 e. The van der Waals surface area contributed by atoms with Crippen molar-refractivity contribution in [2.24, 2.45) is 0 Å². The number of Topliss-reactive ketones (excluding diaryl/α,β-unsaturated/α-hetero) is 1. The normalized spacial score (nSPS) is 8.00. The summed E-state index contributed by atoms with van der Waals surface area (Å²) in [6.45, 7) is 0. The predicted octanol–water partition coefficient (Wildman–Crippen LogP) is -0.320. The fourth-order valence-electron chi connectivity index (χ4n) is 0.200. The van der Waals surface area contributed by atoms with Crippen molar-refractivity contribution in [3.05, 3.63) is 0 Å². The number of nitrogens with one attached hydrogen (secondary N) is 1. The lowest BCUT2D eigenvalue weighted by molar-refractivity contribution is -0.138. The minimum Gasteiger partial charge on any atom is -0.481 e. The Kier molecular flexibility index (Phi) is 2.47. The van der Waals surface area contributed by atoms with Crippen molar-refractivity contribution in [2.45, 2.75) is 6.42 Å². The van der Waals surface area contributed by atoms with Gasteiger partial charge >= 0.3 is 5.97 Å². The smallest absolute Gasteiger partial charge is 0.311 e. The van der Waals surface area contributed by atoms with Crippen molar-refractivity contribution in [3.63, 3.8) is 0 Å². The maximum atomic E-state index is 10.00. The molecule has 8 heavy (non-hydrogen) atoms. The summed E-state index contributed by atoms with van der Waals surface area (Å²) in [4.78, 5) is 19.6. The molecule has 2 N–H and O–H groups in total. The first kappa shape index (κ1) is 6.81. The molecule has 0 saturated heterocycles. The number of aliphatic carboxylic acids is 1. The number of hydrogen-bond donors (Lipinski definition) is 2. The maximum absolute atomic E-state index is 10.00. The fourth-order valence-corrected chi connectivity index (χ4v) is 0.200. The van der Waals surface area contributed by atoms with Crippen LogP contribution >= 0.6 is 0 Å². The number of carbonyl (C=O) groups is 2. The Labute approximate surface area is 45.6 Å². The SMILES string of the molecule is N=CC(=O)CC(=O)O. The first-order chi connectivity index (χ1) is 3.66. The van der Waals surface area contributed by atoms with Crippen molar-refractivity contribution < 1.29 is 14.7 Å². The summed E-state index contributed by atoms with van der Waals surface area (Å²) in [5.41, 5.74) is 0. The molecule has 0 atom stereocenters. The van der Waals surface area contributed by atoms with E-state index in [9.17, 15) is 9.59 Å². The highest BCUT2D eigenvalue weighted by atomic mass is 16.4. The zero-order valence-corrected chi connectivity index (χ0v) is 4.05. The summed E-state index contributed by atoms with van der Waals surface area (Å²) in [5.74, 6) is -1.88. The summed E-state index contributed by atoms with van der Waals surface area (Å²) in [6, 6.07) is 0. The van der Waals surface area contributed by atoms with Crippen LogP contribution in [0.2, 0.25) is 0 Å². The summed E-state index contributed by atoms with van der Waals surface area (Å²) in [5, 5.41) is 14.2. The van der Waals surface area contributed by atoms with Crippen LogP contribution in [0.15, 0.2) is 0 Å². The predicted molar refractivity (Wildman–Crippen MR) is 26.0 cm³/mol. The minimum atomic E-state index is -1.20. The molecule has 0 aromatic carbocycles. The molecule has 0 fully saturated rings. The Morgan fingerprint density at radius 3 is 2.25 bits per heavy atom. The van der Waals surface area contributed by atoms with Gasteiger partial charge in [0.2, 0.25) is 0 Å². The molecule has 4 heteroatoms. The van der Waals surface area contributed by atoms with Crippen molar-refractivity contribution >= 4 is 18.0 Å². The summed E-state index contributed by atoms with van der Waals surface area (Å²) >= 11 is 0. The zero-order valence-electron chi connectivity index (χ0n) is 4.05. The molecule has 0 heterocycles. The molecule has 0 spiro atoms. The van der Waals surface area contributed by atoms with Crippen LogP contribution in [0.25, 0.3) is 0 Å². The standard InChI is InChI=1S/C4H5NO3/c5-2-3(6)1-4(7)8/h2,5H,1H2,(H,7,8). The minimum absolute atomic E-state index is 0.494. The van der Waals surface area contributed by atoms with Crippen LogP contribution in [0.4, 0.5) is 0 Å². The van der Waals surface area contributed by atoms with E-state index >= 15 is 0 Å². The van der Waals surface area contributed by atoms with Crippen LogP contribution in [-0.4, -0.2) is 23.1 Å². The second-order valence-electron chi connectivity index (χ2n) is 1.18. The van der Waals surface area contributed by atoms with E-state index in [4.69, 9.17) is 10.5 Å². The van der Waals surface area contributed by atoms with E-state index in [1.165, 1.54) is 0 Å². The number of rotatable bonds is 3. The van der Waals surface area contributed by atoms with Gasteiger partial charge in [-0.2, -0.15) is 0 Å². The molecule has 44 valence electrons. The van der Waals surface area contributed by atoms with E-state index in [0.29, 0.717) is 6.21 Å². The van der Waals surface area contributed by atoms with Gasteiger partial charge in [0.15, 0.2) is 5.78 Å². The van der Waals surface area contributed by atoms with Gasteiger partial charge in [0.25, 0.3) is 0 Å². The van der Waals surface area contributed by atoms with Gasteiger partial charge in [0.1, 0.15) is 6.42 Å². The van der Waals surface area contributed by atoms with Crippen molar-refractivity contribution in [3.8, 4) is 0 Å². The topological polar surface area (TPSA) is 78.2 Å². The van der Waals surface area contributed by atoms with E-state index in [2.05, 4.69) is 0 Å². The molecule has 0 saturated carbocycles. The van der Waals surface area contributed by atoms with E-state index in [-0.39, 0.29) is 0 Å². The van der Waals surface area contributed by atoms with E-state index in [0.717, 1.165) is 0 Å². The number of hydrogen-bond acceptors (Lipinski definition) is 3. The van der Waals surface area contributed by atoms with Gasteiger partial charge in [-0.1, -0.05) is 0 Å². The van der Waals surface area contributed by atoms with E-state index in [1.54, 1.807) is 0 Å². The highest BCUT2D eigenvalue weighted by Crippen LogP contribution is 1.76. The molecule has 0 amide bonds. The number of carbonyl (C=O) groups excluding carboxylic acids is 1. The molecule has 0 aromatic heterocycles. The lowest BCUT2D eigenvalue weighted by Gasteiger charge is -1.81. The molecule has 0 aliphatic carbocycles. The molecule has 0 aliphatic rings. The Morgan fingerprint density at radius 1 is 1.62 bits per heavy atom. The summed E-state index contributed by atoms with van der Waals surface area (Å²) in [6.07, 6.45) is -0.0857. The van der Waals surface area contributed by atoms with Crippen LogP contribution in [0.1, 0.15) is 6.42 Å². The van der Waals surface area contributed by atoms with Gasteiger partial charge in [-0.05, 0) is 0 Å². The average Bonchev–Trinajstić information content (AvgIpc) is 1.65. The molecule has 0 radical (unpaired) electrons. The van der Waals surface area contributed by atoms with Gasteiger partial charge < -0.3 is 10.5 Å². The summed E-state index contributed by atoms with van der Waals surface area (Å²) in [7, 11) is 0. The summed E-state index contributed by atoms with van der Waals surface area (Å²) < 4.78 is 0. The Hall–Kier alpha value is -1.19. The highest BCUT2D eigenvalue weighted by Gasteiger charge is 2.01. The Bertz CT molecular complexity index is 129. The van der Waals surface area contributed by atoms with Crippen LogP contribution in [0.3, 0.4) is 0 Å². The van der Waals surface area contributed by atoms with Gasteiger partial charge in [-0.3, -0.25) is 9.59 Å². The van der Waals surface area contributed by atoms with Gasteiger partial charge in [-0.25, -0.2) is 0 Å². The third-order valence-electron chi connectivity index (χ3n) is 0.486. The molecule has 0 bridgehead atoms. The molecule has 4 nitrogen and oxygen atoms in total. The second-order valence-corrected chi connectivity index (χ2v) is 1.18. The van der Waals surface area contributed by atoms with Crippen LogP contribution in [0.5, 0.6) is 0 Å². The van der Waals surface area contributed by atoms with Crippen LogP contribution < -0.4 is 0 Å². The Morgan fingerprint density at radius 2 is 2.12 bits per heavy atom. The van der Waals surface area contributed by atoms with Crippen molar-refractivity contribution in [1.29, 1.82) is 5.41 Å². The third-order valence-corrected chi connectivity index (χ3v) is 0.486. The zero-order chi connectivity index (χ0) is 6.57. The maximum Gasteiger partial charge on any atom is 0.311 e. The highest BCUT2D eigenvalue weighted by molar-refractivity contribution is 6.29. The first-order valence-corrected chi connectivity index (χ1v) is 1.92. The lowest BCUT2D eigenvalue weighted by Crippen LogP contribution is -2.06. The monoisotopic (exact) mass is 115 g/mol. The number of carboxylic acids is 1. The first-order valence-electron chi connectivity index (χ1n) is 1.92. The van der Waals surface area contributed by atoms with Gasteiger partial charge in [0.05, 0.1) is 6.21 Å². The fraction of sp³-hybridized carbons (Fsp3) is 0.250. The quantitative estimate of drug-likeness (QED) is 0.390. The molecular formula is C4H5NO3. The van der Waals surface area contributed by atoms with Crippen LogP contribution in [0, 0.1) is 5.41 Å². The van der Waals surface area contributed by atoms with Crippen molar-refractivity contribution in [2.75, 3.05) is 0 Å². The van der Waals surface area contributed by atoms with Gasteiger partial charge in [0, 0.05) is 0 Å². The van der Waals surface area contributed by atoms with Crippen molar-refractivity contribution in [1.82, 2.24) is 0 Å². The molecule has 0 unspecified atom stereocenters.